The van der Waals surface area contributed by atoms with Crippen LogP contribution in [0.5, 0.6) is 11.5 Å². The first-order chi connectivity index (χ1) is 13.5. The number of phenols is 1. The lowest BCUT2D eigenvalue weighted by Gasteiger charge is -2.12. The molecule has 7 heteroatoms. The molecule has 1 aromatic heterocycles. The molecule has 1 heterocycles. The van der Waals surface area contributed by atoms with Crippen LogP contribution in [0.3, 0.4) is 0 Å². The Balaban J connectivity index is 0.00000240. The molecule has 0 bridgehead atoms. The van der Waals surface area contributed by atoms with Gasteiger partial charge in [-0.3, -0.25) is 4.79 Å². The van der Waals surface area contributed by atoms with Crippen molar-refractivity contribution in [2.24, 2.45) is 5.73 Å². The zero-order valence-corrected chi connectivity index (χ0v) is 16.0. The number of aromatic hydroxyl groups is 1. The van der Waals surface area contributed by atoms with Crippen molar-refractivity contribution in [1.82, 2.24) is 0 Å². The average molecular weight is 412 g/mol. The number of para-hydroxylation sites is 1. The SMILES string of the molecule is Cl.N[C@@H](Cc1ccc(O)cc1)C(=O)Oc1ccc2c(=O)c3ccccc3oc2c1. The third-order valence-corrected chi connectivity index (χ3v) is 4.46. The highest BCUT2D eigenvalue weighted by molar-refractivity contribution is 5.90. The summed E-state index contributed by atoms with van der Waals surface area (Å²) in [6, 6.07) is 17.2. The molecule has 0 aliphatic carbocycles. The monoisotopic (exact) mass is 411 g/mol. The molecule has 1 atom stereocenters. The fourth-order valence-electron chi connectivity index (χ4n) is 3.01. The summed E-state index contributed by atoms with van der Waals surface area (Å²) in [4.78, 5) is 24.9. The van der Waals surface area contributed by atoms with E-state index >= 15 is 0 Å². The van der Waals surface area contributed by atoms with Gasteiger partial charge in [0.1, 0.15) is 28.7 Å². The van der Waals surface area contributed by atoms with E-state index in [1.54, 1.807) is 48.5 Å². The van der Waals surface area contributed by atoms with Crippen LogP contribution in [0.15, 0.2) is 75.9 Å². The van der Waals surface area contributed by atoms with Gasteiger partial charge in [0.25, 0.3) is 0 Å². The predicted molar refractivity (Wildman–Crippen MR) is 113 cm³/mol. The highest BCUT2D eigenvalue weighted by atomic mass is 35.5. The maximum atomic E-state index is 12.6. The number of benzene rings is 3. The maximum Gasteiger partial charge on any atom is 0.328 e. The van der Waals surface area contributed by atoms with Crippen LogP contribution in [0.2, 0.25) is 0 Å². The molecule has 0 saturated heterocycles. The summed E-state index contributed by atoms with van der Waals surface area (Å²) >= 11 is 0. The molecule has 0 fully saturated rings. The predicted octanol–water partition coefficient (Wildman–Crippen LogP) is 3.55. The third-order valence-electron chi connectivity index (χ3n) is 4.46. The standard InChI is InChI=1S/C22H17NO5.ClH/c23-18(11-13-5-7-14(24)8-6-13)22(26)27-15-9-10-17-20(12-15)28-19-4-2-1-3-16(19)21(17)25;/h1-10,12,18,24H,11,23H2;1H/t18-;/m0./s1. The van der Waals surface area contributed by atoms with Crippen molar-refractivity contribution < 1.29 is 19.1 Å². The summed E-state index contributed by atoms with van der Waals surface area (Å²) in [7, 11) is 0. The number of fused-ring (bicyclic) bond motifs is 2. The number of ether oxygens (including phenoxy) is 1. The largest absolute Gasteiger partial charge is 0.508 e. The van der Waals surface area contributed by atoms with Gasteiger partial charge in [-0.2, -0.15) is 0 Å². The Kier molecular flexibility index (Phi) is 5.87. The smallest absolute Gasteiger partial charge is 0.328 e. The number of rotatable bonds is 4. The van der Waals surface area contributed by atoms with Gasteiger partial charge in [-0.05, 0) is 48.4 Å². The van der Waals surface area contributed by atoms with Gasteiger partial charge in [0, 0.05) is 6.07 Å². The van der Waals surface area contributed by atoms with E-state index in [2.05, 4.69) is 0 Å². The number of esters is 1. The molecule has 4 rings (SSSR count). The molecule has 6 nitrogen and oxygen atoms in total. The van der Waals surface area contributed by atoms with E-state index < -0.39 is 12.0 Å². The zero-order valence-electron chi connectivity index (χ0n) is 15.2. The molecule has 0 amide bonds. The highest BCUT2D eigenvalue weighted by Gasteiger charge is 2.17. The van der Waals surface area contributed by atoms with Crippen LogP contribution in [-0.4, -0.2) is 17.1 Å². The second-order valence-corrected chi connectivity index (χ2v) is 6.48. The topological polar surface area (TPSA) is 103 Å². The Morgan fingerprint density at radius 2 is 1.69 bits per heavy atom. The summed E-state index contributed by atoms with van der Waals surface area (Å²) in [6.45, 7) is 0. The van der Waals surface area contributed by atoms with Crippen molar-refractivity contribution in [3.05, 3.63) is 82.5 Å². The fourth-order valence-corrected chi connectivity index (χ4v) is 3.01. The molecule has 0 radical (unpaired) electrons. The van der Waals surface area contributed by atoms with E-state index in [4.69, 9.17) is 14.9 Å². The van der Waals surface area contributed by atoms with Gasteiger partial charge in [0.15, 0.2) is 0 Å². The van der Waals surface area contributed by atoms with Gasteiger partial charge >= 0.3 is 5.97 Å². The van der Waals surface area contributed by atoms with Crippen molar-refractivity contribution in [2.45, 2.75) is 12.5 Å². The molecular formula is C22H18ClNO5. The van der Waals surface area contributed by atoms with Crippen LogP contribution >= 0.6 is 12.4 Å². The Morgan fingerprint density at radius 1 is 1.00 bits per heavy atom. The Morgan fingerprint density at radius 3 is 2.45 bits per heavy atom. The molecule has 0 unspecified atom stereocenters. The second kappa shape index (κ2) is 8.34. The van der Waals surface area contributed by atoms with Gasteiger partial charge in [-0.25, -0.2) is 4.79 Å². The zero-order chi connectivity index (χ0) is 19.7. The number of hydrogen-bond acceptors (Lipinski definition) is 6. The Labute approximate surface area is 171 Å². The molecule has 3 N–H and O–H groups in total. The number of phenolic OH excluding ortho intramolecular Hbond substituents is 1. The lowest BCUT2D eigenvalue weighted by Crippen LogP contribution is -2.36. The third kappa shape index (κ3) is 4.23. The quantitative estimate of drug-likeness (QED) is 0.302. The van der Waals surface area contributed by atoms with E-state index in [1.807, 2.05) is 0 Å². The van der Waals surface area contributed by atoms with Crippen molar-refractivity contribution in [3.63, 3.8) is 0 Å². The molecular weight excluding hydrogens is 394 g/mol. The number of carbonyl (C=O) groups excluding carboxylic acids is 1. The minimum atomic E-state index is -0.871. The van der Waals surface area contributed by atoms with E-state index in [1.165, 1.54) is 18.2 Å². The van der Waals surface area contributed by atoms with Gasteiger partial charge in [0.2, 0.25) is 5.43 Å². The lowest BCUT2D eigenvalue weighted by molar-refractivity contribution is -0.135. The molecule has 29 heavy (non-hydrogen) atoms. The molecule has 3 aromatic carbocycles. The number of hydrogen-bond donors (Lipinski definition) is 2. The number of halogens is 1. The van der Waals surface area contributed by atoms with Crippen LogP contribution in [0, 0.1) is 0 Å². The maximum absolute atomic E-state index is 12.6. The van der Waals surface area contributed by atoms with Crippen molar-refractivity contribution in [3.8, 4) is 11.5 Å². The second-order valence-electron chi connectivity index (χ2n) is 6.48. The van der Waals surface area contributed by atoms with E-state index in [9.17, 15) is 14.7 Å². The van der Waals surface area contributed by atoms with Crippen molar-refractivity contribution >= 4 is 40.3 Å². The minimum Gasteiger partial charge on any atom is -0.508 e. The van der Waals surface area contributed by atoms with Gasteiger partial charge < -0.3 is 20.0 Å². The summed E-state index contributed by atoms with van der Waals surface area (Å²) in [6.07, 6.45) is 0.270. The van der Waals surface area contributed by atoms with Gasteiger partial charge in [-0.15, -0.1) is 12.4 Å². The summed E-state index contributed by atoms with van der Waals surface area (Å²) in [5.74, 6) is -0.210. The highest BCUT2D eigenvalue weighted by Crippen LogP contribution is 2.23. The fraction of sp³-hybridized carbons (Fsp3) is 0.0909. The minimum absolute atomic E-state index is 0. The van der Waals surface area contributed by atoms with Crippen molar-refractivity contribution in [1.29, 1.82) is 0 Å². The van der Waals surface area contributed by atoms with Gasteiger partial charge in [-0.1, -0.05) is 24.3 Å². The van der Waals surface area contributed by atoms with E-state index in [0.29, 0.717) is 21.9 Å². The first-order valence-corrected chi connectivity index (χ1v) is 8.72. The first-order valence-electron chi connectivity index (χ1n) is 8.72. The van der Waals surface area contributed by atoms with Gasteiger partial charge in [0.05, 0.1) is 10.8 Å². The normalized spacial score (nSPS) is 11.8. The Hall–Kier alpha value is -3.35. The average Bonchev–Trinajstić information content (AvgIpc) is 2.69. The van der Waals surface area contributed by atoms with Crippen LogP contribution in [-0.2, 0) is 11.2 Å². The Bertz CT molecular complexity index is 1230. The summed E-state index contributed by atoms with van der Waals surface area (Å²) < 4.78 is 11.1. The summed E-state index contributed by atoms with van der Waals surface area (Å²) in [5.41, 5.74) is 7.40. The molecule has 0 spiro atoms. The molecule has 148 valence electrons. The molecule has 0 aliphatic heterocycles. The number of nitrogens with two attached hydrogens (primary N) is 1. The van der Waals surface area contributed by atoms with Crippen LogP contribution < -0.4 is 15.9 Å². The van der Waals surface area contributed by atoms with Crippen molar-refractivity contribution in [2.75, 3.05) is 0 Å². The molecule has 0 aliphatic rings. The van der Waals surface area contributed by atoms with Crippen LogP contribution in [0.4, 0.5) is 0 Å². The van der Waals surface area contributed by atoms with E-state index in [-0.39, 0.29) is 35.8 Å². The van der Waals surface area contributed by atoms with E-state index in [0.717, 1.165) is 5.56 Å². The lowest BCUT2D eigenvalue weighted by atomic mass is 10.1. The molecule has 0 saturated carbocycles. The number of carbonyl (C=O) groups is 1. The first kappa shape index (κ1) is 20.4. The van der Waals surface area contributed by atoms with Crippen LogP contribution in [0.1, 0.15) is 5.56 Å². The molecule has 4 aromatic rings. The summed E-state index contributed by atoms with van der Waals surface area (Å²) in [5, 5.41) is 10.2. The van der Waals surface area contributed by atoms with Crippen LogP contribution in [0.25, 0.3) is 21.9 Å².